The Labute approximate surface area is 129 Å². The van der Waals surface area contributed by atoms with E-state index < -0.39 is 23.2 Å². The van der Waals surface area contributed by atoms with E-state index in [4.69, 9.17) is 14.9 Å². The maximum Gasteiger partial charge on any atom is 0.314 e. The van der Waals surface area contributed by atoms with Crippen LogP contribution < -0.4 is 5.73 Å². The molecule has 22 heavy (non-hydrogen) atoms. The number of nitrogens with zero attached hydrogens (tertiary/aromatic N) is 1. The van der Waals surface area contributed by atoms with Gasteiger partial charge in [0.05, 0.1) is 0 Å². The Morgan fingerprint density at radius 3 is 2.59 bits per heavy atom. The van der Waals surface area contributed by atoms with Crippen LogP contribution in [0.5, 0.6) is 0 Å². The van der Waals surface area contributed by atoms with Crippen molar-refractivity contribution in [3.63, 3.8) is 0 Å². The fraction of sp³-hybridized carbons (Fsp3) is 0.500. The molecule has 0 radical (unpaired) electrons. The zero-order valence-corrected chi connectivity index (χ0v) is 13.3. The van der Waals surface area contributed by atoms with Gasteiger partial charge in [-0.15, -0.1) is 0 Å². The molecule has 0 aliphatic rings. The summed E-state index contributed by atoms with van der Waals surface area (Å²) < 4.78 is 10.8. The van der Waals surface area contributed by atoms with Gasteiger partial charge in [0.15, 0.2) is 5.58 Å². The predicted molar refractivity (Wildman–Crippen MR) is 81.7 cm³/mol. The molecular weight excluding hydrogens is 284 g/mol. The Balaban J connectivity index is 2.35. The highest BCUT2D eigenvalue weighted by atomic mass is 16.6. The standard InChI is InChI=1S/C16H22N2O4/c1-5-10(13(19)22-15(2,3)4)16(17,20)14-18-11-8-6-7-9-12(11)21-14/h6-10,20H,5,17H2,1-4H3. The highest BCUT2D eigenvalue weighted by Crippen LogP contribution is 2.31. The van der Waals surface area contributed by atoms with Crippen LogP contribution >= 0.6 is 0 Å². The minimum atomic E-state index is -2.03. The van der Waals surface area contributed by atoms with Crippen LogP contribution in [-0.4, -0.2) is 21.7 Å². The highest BCUT2D eigenvalue weighted by molar-refractivity contribution is 5.75. The van der Waals surface area contributed by atoms with Gasteiger partial charge in [0.1, 0.15) is 17.0 Å². The molecule has 0 bridgehead atoms. The molecule has 2 unspecified atom stereocenters. The van der Waals surface area contributed by atoms with Crippen molar-refractivity contribution in [2.75, 3.05) is 0 Å². The number of benzene rings is 1. The Morgan fingerprint density at radius 1 is 1.41 bits per heavy atom. The average molecular weight is 306 g/mol. The van der Waals surface area contributed by atoms with Gasteiger partial charge in [0, 0.05) is 0 Å². The average Bonchev–Trinajstić information content (AvgIpc) is 2.81. The van der Waals surface area contributed by atoms with Crippen molar-refractivity contribution < 1.29 is 19.1 Å². The third-order valence-electron chi connectivity index (χ3n) is 3.27. The number of fused-ring (bicyclic) bond motifs is 1. The zero-order valence-electron chi connectivity index (χ0n) is 13.3. The number of rotatable bonds is 4. The number of carbonyl (C=O) groups excluding carboxylic acids is 1. The number of nitrogens with two attached hydrogens (primary N) is 1. The molecule has 1 aromatic heterocycles. The van der Waals surface area contributed by atoms with Crippen molar-refractivity contribution in [1.29, 1.82) is 0 Å². The molecule has 2 rings (SSSR count). The molecule has 0 spiro atoms. The van der Waals surface area contributed by atoms with E-state index in [0.29, 0.717) is 17.5 Å². The van der Waals surface area contributed by atoms with Gasteiger partial charge < -0.3 is 14.3 Å². The Hall–Kier alpha value is -1.92. The van der Waals surface area contributed by atoms with E-state index in [0.717, 1.165) is 0 Å². The Morgan fingerprint density at radius 2 is 2.05 bits per heavy atom. The monoisotopic (exact) mass is 306 g/mol. The fourth-order valence-electron chi connectivity index (χ4n) is 2.22. The molecule has 120 valence electrons. The number of oxazole rings is 1. The number of ether oxygens (including phenoxy) is 1. The molecule has 2 atom stereocenters. The van der Waals surface area contributed by atoms with Crippen molar-refractivity contribution in [1.82, 2.24) is 4.98 Å². The molecule has 0 aliphatic carbocycles. The lowest BCUT2D eigenvalue weighted by molar-refractivity contribution is -0.172. The third kappa shape index (κ3) is 3.28. The normalized spacial score (nSPS) is 16.3. The fourth-order valence-corrected chi connectivity index (χ4v) is 2.22. The number of carbonyl (C=O) groups is 1. The Bertz CT molecular complexity index is 637. The van der Waals surface area contributed by atoms with Crippen LogP contribution in [0.1, 0.15) is 40.0 Å². The summed E-state index contributed by atoms with van der Waals surface area (Å²) in [5.41, 5.74) is 4.35. The van der Waals surface area contributed by atoms with Crippen LogP contribution in [0.3, 0.4) is 0 Å². The second-order valence-corrected chi connectivity index (χ2v) is 6.31. The summed E-state index contributed by atoms with van der Waals surface area (Å²) in [6.45, 7) is 7.01. The summed E-state index contributed by atoms with van der Waals surface area (Å²) in [7, 11) is 0. The second-order valence-electron chi connectivity index (χ2n) is 6.31. The molecular formula is C16H22N2O4. The van der Waals surface area contributed by atoms with Gasteiger partial charge in [0.25, 0.3) is 0 Å². The molecule has 0 saturated carbocycles. The summed E-state index contributed by atoms with van der Waals surface area (Å²) in [5.74, 6) is -1.64. The van der Waals surface area contributed by atoms with Crippen molar-refractivity contribution >= 4 is 17.1 Å². The van der Waals surface area contributed by atoms with Gasteiger partial charge >= 0.3 is 5.97 Å². The number of hydrogen-bond acceptors (Lipinski definition) is 6. The lowest BCUT2D eigenvalue weighted by Gasteiger charge is -2.30. The topological polar surface area (TPSA) is 98.6 Å². The maximum absolute atomic E-state index is 12.3. The molecule has 0 aliphatic heterocycles. The summed E-state index contributed by atoms with van der Waals surface area (Å²) in [6.07, 6.45) is 0.292. The van der Waals surface area contributed by atoms with E-state index in [1.165, 1.54) is 0 Å². The molecule has 0 saturated heterocycles. The first-order valence-electron chi connectivity index (χ1n) is 7.25. The van der Waals surface area contributed by atoms with E-state index >= 15 is 0 Å². The second kappa shape index (κ2) is 5.70. The number of para-hydroxylation sites is 2. The van der Waals surface area contributed by atoms with E-state index in [2.05, 4.69) is 4.98 Å². The number of aromatic nitrogens is 1. The quantitative estimate of drug-likeness (QED) is 0.664. The number of hydrogen-bond donors (Lipinski definition) is 2. The van der Waals surface area contributed by atoms with Crippen molar-refractivity contribution in [3.05, 3.63) is 30.2 Å². The highest BCUT2D eigenvalue weighted by Gasteiger charge is 2.44. The first kappa shape index (κ1) is 16.5. The summed E-state index contributed by atoms with van der Waals surface area (Å²) in [5, 5.41) is 10.6. The van der Waals surface area contributed by atoms with Crippen LogP contribution in [0.2, 0.25) is 0 Å². The smallest absolute Gasteiger partial charge is 0.314 e. The van der Waals surface area contributed by atoms with Crippen LogP contribution in [0, 0.1) is 5.92 Å². The molecule has 3 N–H and O–H groups in total. The first-order chi connectivity index (χ1) is 10.1. The largest absolute Gasteiger partial charge is 0.460 e. The minimum absolute atomic E-state index is 0.0913. The van der Waals surface area contributed by atoms with E-state index in [-0.39, 0.29) is 5.89 Å². The molecule has 6 heteroatoms. The molecule has 1 aromatic carbocycles. The van der Waals surface area contributed by atoms with Crippen molar-refractivity contribution in [3.8, 4) is 0 Å². The first-order valence-corrected chi connectivity index (χ1v) is 7.25. The Kier molecular flexibility index (Phi) is 4.26. The van der Waals surface area contributed by atoms with Gasteiger partial charge in [0.2, 0.25) is 11.6 Å². The van der Waals surface area contributed by atoms with Gasteiger partial charge in [-0.05, 0) is 39.3 Å². The van der Waals surface area contributed by atoms with Gasteiger partial charge in [-0.3, -0.25) is 10.5 Å². The number of aliphatic hydroxyl groups is 1. The van der Waals surface area contributed by atoms with E-state index in [1.54, 1.807) is 52.0 Å². The van der Waals surface area contributed by atoms with Gasteiger partial charge in [-0.1, -0.05) is 19.1 Å². The number of esters is 1. The van der Waals surface area contributed by atoms with E-state index in [9.17, 15) is 9.90 Å². The lowest BCUT2D eigenvalue weighted by Crippen LogP contribution is -2.49. The lowest BCUT2D eigenvalue weighted by atomic mass is 9.93. The molecule has 0 amide bonds. The van der Waals surface area contributed by atoms with Gasteiger partial charge in [-0.25, -0.2) is 4.98 Å². The van der Waals surface area contributed by atoms with Crippen LogP contribution in [0.25, 0.3) is 11.1 Å². The van der Waals surface area contributed by atoms with Crippen LogP contribution in [0.15, 0.2) is 28.7 Å². The van der Waals surface area contributed by atoms with E-state index in [1.807, 2.05) is 0 Å². The summed E-state index contributed by atoms with van der Waals surface area (Å²) in [6, 6.07) is 7.05. The molecule has 0 fully saturated rings. The van der Waals surface area contributed by atoms with Crippen molar-refractivity contribution in [2.24, 2.45) is 11.7 Å². The minimum Gasteiger partial charge on any atom is -0.460 e. The maximum atomic E-state index is 12.3. The van der Waals surface area contributed by atoms with Crippen molar-refractivity contribution in [2.45, 2.75) is 45.4 Å². The SMILES string of the molecule is CCC(C(=O)OC(C)(C)C)C(N)(O)c1nc2ccccc2o1. The zero-order chi connectivity index (χ0) is 16.5. The van der Waals surface area contributed by atoms with Gasteiger partial charge in [-0.2, -0.15) is 0 Å². The molecule has 1 heterocycles. The summed E-state index contributed by atoms with van der Waals surface area (Å²) >= 11 is 0. The van der Waals surface area contributed by atoms with Crippen LogP contribution in [-0.2, 0) is 15.3 Å². The third-order valence-corrected chi connectivity index (χ3v) is 3.27. The summed E-state index contributed by atoms with van der Waals surface area (Å²) in [4.78, 5) is 16.5. The molecule has 2 aromatic rings. The van der Waals surface area contributed by atoms with Crippen LogP contribution in [0.4, 0.5) is 0 Å². The molecule has 6 nitrogen and oxygen atoms in total. The predicted octanol–water partition coefficient (Wildman–Crippen LogP) is 2.30.